The SMILES string of the molecule is C=C(C)C(=O)N(CC(O)COCCC[Si](C)(O[Si](C)(C)C)O[Si](C)(C)C)CC(O)COCCC[Si](C)(O[Si](C)(C)C)O[Si](C)(C)C. The number of aliphatic hydroxyl groups excluding tert-OH is 2. The number of aliphatic hydroxyl groups is 2. The summed E-state index contributed by atoms with van der Waals surface area (Å²) in [6.45, 7) is 37.1. The molecule has 0 aliphatic heterocycles. The zero-order chi connectivity index (χ0) is 36.2. The summed E-state index contributed by atoms with van der Waals surface area (Å²) in [5.74, 6) is -0.319. The molecule has 0 saturated heterocycles. The highest BCUT2D eigenvalue weighted by molar-refractivity contribution is 6.88. The Labute approximate surface area is 288 Å². The maximum Gasteiger partial charge on any atom is 0.314 e. The molecule has 2 unspecified atom stereocenters. The van der Waals surface area contributed by atoms with E-state index in [9.17, 15) is 15.0 Å². The summed E-state index contributed by atoms with van der Waals surface area (Å²) < 4.78 is 37.8. The summed E-state index contributed by atoms with van der Waals surface area (Å²) >= 11 is 0. The van der Waals surface area contributed by atoms with Gasteiger partial charge in [0, 0.05) is 31.9 Å². The molecule has 0 aliphatic carbocycles. The Morgan fingerprint density at radius 1 is 0.609 bits per heavy atom. The van der Waals surface area contributed by atoms with Crippen molar-refractivity contribution in [2.75, 3.05) is 39.5 Å². The molecule has 46 heavy (non-hydrogen) atoms. The van der Waals surface area contributed by atoms with Gasteiger partial charge in [-0.1, -0.05) is 6.58 Å². The van der Waals surface area contributed by atoms with E-state index >= 15 is 0 Å². The van der Waals surface area contributed by atoms with Crippen LogP contribution in [0.25, 0.3) is 0 Å². The zero-order valence-electron chi connectivity index (χ0n) is 32.1. The minimum absolute atomic E-state index is 0.0265. The fourth-order valence-corrected chi connectivity index (χ4v) is 30.4. The Kier molecular flexibility index (Phi) is 19.6. The Morgan fingerprint density at radius 3 is 1.13 bits per heavy atom. The van der Waals surface area contributed by atoms with E-state index in [0.29, 0.717) is 18.8 Å². The molecule has 10 nitrogen and oxygen atoms in total. The first kappa shape index (κ1) is 46.2. The quantitative estimate of drug-likeness (QED) is 0.0614. The molecule has 0 rings (SSSR count). The van der Waals surface area contributed by atoms with Crippen molar-refractivity contribution in [2.24, 2.45) is 0 Å². The van der Waals surface area contributed by atoms with Gasteiger partial charge in [0.1, 0.15) is 0 Å². The van der Waals surface area contributed by atoms with Crippen molar-refractivity contribution in [3.05, 3.63) is 12.2 Å². The minimum Gasteiger partial charge on any atom is -0.437 e. The van der Waals surface area contributed by atoms with Gasteiger partial charge < -0.3 is 41.0 Å². The number of carbonyl (C=O) groups is 1. The summed E-state index contributed by atoms with van der Waals surface area (Å²) in [6.07, 6.45) is -0.274. The molecule has 0 radical (unpaired) electrons. The van der Waals surface area contributed by atoms with Crippen LogP contribution >= 0.6 is 0 Å². The van der Waals surface area contributed by atoms with Gasteiger partial charge in [-0.2, -0.15) is 0 Å². The van der Waals surface area contributed by atoms with E-state index in [-0.39, 0.29) is 32.2 Å². The van der Waals surface area contributed by atoms with Gasteiger partial charge in [-0.05, 0) is 124 Å². The lowest BCUT2D eigenvalue weighted by Crippen LogP contribution is -2.52. The zero-order valence-corrected chi connectivity index (χ0v) is 38.1. The summed E-state index contributed by atoms with van der Waals surface area (Å²) in [5.41, 5.74) is 0.337. The van der Waals surface area contributed by atoms with Crippen molar-refractivity contribution in [3.63, 3.8) is 0 Å². The lowest BCUT2D eigenvalue weighted by atomic mass is 10.2. The largest absolute Gasteiger partial charge is 0.437 e. The molecular weight excluding hydrogens is 687 g/mol. The Balaban J connectivity index is 4.88. The van der Waals surface area contributed by atoms with Gasteiger partial charge in [0.2, 0.25) is 5.91 Å². The normalized spacial score (nSPS) is 15.2. The topological polar surface area (TPSA) is 116 Å². The van der Waals surface area contributed by atoms with Crippen LogP contribution in [0.15, 0.2) is 12.2 Å². The number of amides is 1. The van der Waals surface area contributed by atoms with Crippen LogP contribution in [-0.4, -0.2) is 123 Å². The predicted octanol–water partition coefficient (Wildman–Crippen LogP) is 6.48. The van der Waals surface area contributed by atoms with Gasteiger partial charge in [-0.25, -0.2) is 0 Å². The van der Waals surface area contributed by atoms with E-state index in [4.69, 9.17) is 25.9 Å². The Bertz CT molecular complexity index is 825. The Morgan fingerprint density at radius 2 is 0.891 bits per heavy atom. The van der Waals surface area contributed by atoms with Crippen molar-refractivity contribution >= 4 is 56.3 Å². The number of ether oxygens (including phenoxy) is 2. The number of hydrogen-bond acceptors (Lipinski definition) is 9. The van der Waals surface area contributed by atoms with Crippen LogP contribution in [0.5, 0.6) is 0 Å². The minimum atomic E-state index is -2.34. The molecule has 0 heterocycles. The maximum atomic E-state index is 12.8. The van der Waals surface area contributed by atoms with Crippen LogP contribution in [0.4, 0.5) is 0 Å². The lowest BCUT2D eigenvalue weighted by Gasteiger charge is -2.38. The second kappa shape index (κ2) is 19.5. The first-order valence-electron chi connectivity index (χ1n) is 16.8. The third kappa shape index (κ3) is 24.3. The average molecular weight is 758 g/mol. The molecule has 0 bridgehead atoms. The van der Waals surface area contributed by atoms with E-state index in [1.807, 2.05) is 0 Å². The van der Waals surface area contributed by atoms with E-state index in [0.717, 1.165) is 24.9 Å². The number of hydrogen-bond donors (Lipinski definition) is 2. The van der Waals surface area contributed by atoms with Crippen LogP contribution in [0.3, 0.4) is 0 Å². The van der Waals surface area contributed by atoms with E-state index < -0.39 is 62.6 Å². The molecule has 274 valence electrons. The second-order valence-electron chi connectivity index (χ2n) is 16.8. The third-order valence-electron chi connectivity index (χ3n) is 6.06. The standard InChI is InChI=1S/C30H71NO9Si6/c1-27(2)30(34)31(23-28(32)25-35-19-17-21-45(15,37-41(3,4)5)38-42(6,7)8)24-29(33)26-36-20-18-22-46(16,39-43(9,10)11)40-44(12,13)14/h28-29,32-33H,1,17-26H2,2-16H3. The molecule has 0 aromatic rings. The molecule has 0 aromatic carbocycles. The van der Waals surface area contributed by atoms with E-state index in [1.54, 1.807) is 6.92 Å². The highest BCUT2D eigenvalue weighted by Gasteiger charge is 2.41. The van der Waals surface area contributed by atoms with E-state index in [2.05, 4.69) is 98.2 Å². The van der Waals surface area contributed by atoms with Crippen LogP contribution in [0.2, 0.25) is 104 Å². The van der Waals surface area contributed by atoms with Crippen molar-refractivity contribution in [1.82, 2.24) is 4.90 Å². The molecule has 0 spiro atoms. The maximum absolute atomic E-state index is 12.8. The molecular formula is C30H71NO9Si6. The average Bonchev–Trinajstić information content (AvgIpc) is 2.77. The summed E-state index contributed by atoms with van der Waals surface area (Å²) in [4.78, 5) is 14.3. The Hall–Kier alpha value is 0.191. The molecule has 16 heteroatoms. The van der Waals surface area contributed by atoms with Gasteiger partial charge in [-0.3, -0.25) is 4.79 Å². The predicted molar refractivity (Wildman–Crippen MR) is 205 cm³/mol. The van der Waals surface area contributed by atoms with Gasteiger partial charge >= 0.3 is 17.1 Å². The highest BCUT2D eigenvalue weighted by Crippen LogP contribution is 2.26. The van der Waals surface area contributed by atoms with Crippen molar-refractivity contribution in [2.45, 2.75) is 136 Å². The number of nitrogens with zero attached hydrogens (tertiary/aromatic N) is 1. The number of carbonyl (C=O) groups excluding carboxylic acids is 1. The van der Waals surface area contributed by atoms with Crippen LogP contribution < -0.4 is 0 Å². The van der Waals surface area contributed by atoms with Gasteiger partial charge in [0.15, 0.2) is 33.3 Å². The van der Waals surface area contributed by atoms with Gasteiger partial charge in [0.25, 0.3) is 0 Å². The number of rotatable bonds is 25. The second-order valence-corrected chi connectivity index (χ2v) is 42.5. The smallest absolute Gasteiger partial charge is 0.314 e. The molecule has 1 amide bonds. The summed E-state index contributed by atoms with van der Waals surface area (Å²) in [7, 11) is -11.8. The molecule has 0 aliphatic rings. The van der Waals surface area contributed by atoms with Crippen LogP contribution in [0.1, 0.15) is 19.8 Å². The van der Waals surface area contributed by atoms with Crippen molar-refractivity contribution < 1.29 is 40.9 Å². The lowest BCUT2D eigenvalue weighted by molar-refractivity contribution is -0.131. The summed E-state index contributed by atoms with van der Waals surface area (Å²) in [6, 6.07) is 1.64. The monoisotopic (exact) mass is 757 g/mol. The first-order valence-corrected chi connectivity index (χ1v) is 35.5. The van der Waals surface area contributed by atoms with Gasteiger partial charge in [0.05, 0.1) is 25.4 Å². The molecule has 0 aromatic heterocycles. The summed E-state index contributed by atoms with van der Waals surface area (Å²) in [5, 5.41) is 21.4. The molecule has 0 fully saturated rings. The van der Waals surface area contributed by atoms with Gasteiger partial charge in [-0.15, -0.1) is 0 Å². The highest BCUT2D eigenvalue weighted by atomic mass is 28.5. The van der Waals surface area contributed by atoms with Crippen LogP contribution in [0, 0.1) is 0 Å². The first-order chi connectivity index (χ1) is 20.5. The molecule has 2 atom stereocenters. The fourth-order valence-electron chi connectivity index (χ4n) is 5.39. The van der Waals surface area contributed by atoms with E-state index in [1.165, 1.54) is 4.90 Å². The third-order valence-corrected chi connectivity index (χ3v) is 25.3. The molecule has 2 N–H and O–H groups in total. The molecule has 0 saturated carbocycles. The van der Waals surface area contributed by atoms with Crippen molar-refractivity contribution in [1.29, 1.82) is 0 Å². The fraction of sp³-hybridized carbons (Fsp3) is 0.900. The van der Waals surface area contributed by atoms with Crippen LogP contribution in [-0.2, 0) is 30.7 Å². The van der Waals surface area contributed by atoms with Crippen molar-refractivity contribution in [3.8, 4) is 0 Å².